The number of rotatable bonds is 8. The molecule has 1 aliphatic rings. The zero-order valence-corrected chi connectivity index (χ0v) is 16.5. The third kappa shape index (κ3) is 5.67. The number of hydrogen-bond donors (Lipinski definition) is 1. The van der Waals surface area contributed by atoms with E-state index in [4.69, 9.17) is 0 Å². The first-order chi connectivity index (χ1) is 13.6. The third-order valence-electron chi connectivity index (χ3n) is 5.19. The van der Waals surface area contributed by atoms with Crippen molar-refractivity contribution in [3.63, 3.8) is 0 Å². The highest BCUT2D eigenvalue weighted by Gasteiger charge is 2.30. The minimum atomic E-state index is -0.420. The van der Waals surface area contributed by atoms with Gasteiger partial charge in [0.05, 0.1) is 12.5 Å². The summed E-state index contributed by atoms with van der Waals surface area (Å²) >= 11 is 0. The van der Waals surface area contributed by atoms with Gasteiger partial charge in [0.2, 0.25) is 11.8 Å². The molecule has 0 aliphatic carbocycles. The molecule has 1 aliphatic heterocycles. The molecule has 0 aromatic heterocycles. The Morgan fingerprint density at radius 3 is 2.39 bits per heavy atom. The zero-order chi connectivity index (χ0) is 19.8. The highest BCUT2D eigenvalue weighted by Crippen LogP contribution is 2.11. The molecule has 1 fully saturated rings. The summed E-state index contributed by atoms with van der Waals surface area (Å²) in [5.74, 6) is 0.0293. The summed E-state index contributed by atoms with van der Waals surface area (Å²) in [5.41, 5.74) is 2.38. The van der Waals surface area contributed by atoms with E-state index in [1.54, 1.807) is 11.9 Å². The Bertz CT molecular complexity index is 764. The van der Waals surface area contributed by atoms with Crippen LogP contribution in [0.4, 0.5) is 0 Å². The van der Waals surface area contributed by atoms with E-state index >= 15 is 0 Å². The van der Waals surface area contributed by atoms with Crippen LogP contribution in [0.2, 0.25) is 0 Å². The van der Waals surface area contributed by atoms with Gasteiger partial charge in [-0.25, -0.2) is 0 Å². The number of nitrogens with one attached hydrogen (secondary N) is 1. The maximum absolute atomic E-state index is 12.8. The Hall–Kier alpha value is -2.66. The lowest BCUT2D eigenvalue weighted by Gasteiger charge is -2.33. The number of carbonyl (C=O) groups excluding carboxylic acids is 2. The van der Waals surface area contributed by atoms with Crippen LogP contribution in [0.3, 0.4) is 0 Å². The Balaban J connectivity index is 1.47. The normalized spacial score (nSPS) is 16.8. The summed E-state index contributed by atoms with van der Waals surface area (Å²) in [4.78, 5) is 28.9. The predicted molar refractivity (Wildman–Crippen MR) is 111 cm³/mol. The molecule has 1 atom stereocenters. The second-order valence-electron chi connectivity index (χ2n) is 7.36. The van der Waals surface area contributed by atoms with Gasteiger partial charge in [-0.1, -0.05) is 60.7 Å². The molecular weight excluding hydrogens is 350 g/mol. The Labute approximate surface area is 167 Å². The first kappa shape index (κ1) is 20.1. The van der Waals surface area contributed by atoms with Crippen LogP contribution in [0.1, 0.15) is 24.0 Å². The smallest absolute Gasteiger partial charge is 0.240 e. The van der Waals surface area contributed by atoms with Gasteiger partial charge in [0.25, 0.3) is 0 Å². The van der Waals surface area contributed by atoms with Crippen LogP contribution < -0.4 is 5.32 Å². The molecule has 2 amide bonds. The molecule has 0 spiro atoms. The molecule has 1 saturated heterocycles. The lowest BCUT2D eigenvalue weighted by molar-refractivity contribution is -0.140. The van der Waals surface area contributed by atoms with E-state index in [9.17, 15) is 9.59 Å². The number of aryl methyl sites for hydroxylation is 1. The van der Waals surface area contributed by atoms with Crippen molar-refractivity contribution in [2.45, 2.75) is 31.8 Å². The minimum Gasteiger partial charge on any atom is -0.341 e. The Kier molecular flexibility index (Phi) is 7.20. The largest absolute Gasteiger partial charge is 0.341 e. The number of benzene rings is 2. The van der Waals surface area contributed by atoms with Crippen LogP contribution in [0, 0.1) is 0 Å². The van der Waals surface area contributed by atoms with E-state index in [-0.39, 0.29) is 18.2 Å². The van der Waals surface area contributed by atoms with Crippen molar-refractivity contribution < 1.29 is 9.59 Å². The molecule has 5 heteroatoms. The van der Waals surface area contributed by atoms with Gasteiger partial charge in [0.1, 0.15) is 0 Å². The van der Waals surface area contributed by atoms with E-state index in [2.05, 4.69) is 17.4 Å². The van der Waals surface area contributed by atoms with Crippen molar-refractivity contribution in [1.82, 2.24) is 15.1 Å². The predicted octanol–water partition coefficient (Wildman–Crippen LogP) is 2.47. The van der Waals surface area contributed by atoms with Crippen molar-refractivity contribution in [2.75, 3.05) is 26.7 Å². The number of amides is 2. The molecule has 1 heterocycles. The maximum Gasteiger partial charge on any atom is 0.240 e. The topological polar surface area (TPSA) is 52.7 Å². The Morgan fingerprint density at radius 1 is 1.07 bits per heavy atom. The van der Waals surface area contributed by atoms with E-state index in [1.165, 1.54) is 5.56 Å². The van der Waals surface area contributed by atoms with E-state index in [0.29, 0.717) is 13.1 Å². The maximum atomic E-state index is 12.8. The van der Waals surface area contributed by atoms with Crippen molar-refractivity contribution in [2.24, 2.45) is 0 Å². The summed E-state index contributed by atoms with van der Waals surface area (Å²) in [6.07, 6.45) is 2.10. The molecule has 2 aromatic rings. The van der Waals surface area contributed by atoms with Gasteiger partial charge < -0.3 is 15.1 Å². The third-order valence-corrected chi connectivity index (χ3v) is 5.19. The van der Waals surface area contributed by atoms with Crippen molar-refractivity contribution in [3.05, 3.63) is 71.8 Å². The van der Waals surface area contributed by atoms with Gasteiger partial charge in [-0.3, -0.25) is 9.59 Å². The second-order valence-corrected chi connectivity index (χ2v) is 7.36. The Morgan fingerprint density at radius 2 is 1.71 bits per heavy atom. The van der Waals surface area contributed by atoms with Crippen LogP contribution in [-0.4, -0.2) is 54.3 Å². The fraction of sp³-hybridized carbons (Fsp3) is 0.391. The highest BCUT2D eigenvalue weighted by atomic mass is 16.2. The average Bonchev–Trinajstić information content (AvgIpc) is 2.72. The average molecular weight is 380 g/mol. The van der Waals surface area contributed by atoms with Crippen molar-refractivity contribution >= 4 is 11.8 Å². The lowest BCUT2D eigenvalue weighted by atomic mass is 10.1. The SMILES string of the molecule is CN(Cc1ccccc1)C(=O)CC1NCCN(CCCc2ccccc2)C1=O. The van der Waals surface area contributed by atoms with Gasteiger partial charge in [-0.05, 0) is 24.0 Å². The molecule has 2 aromatic carbocycles. The van der Waals surface area contributed by atoms with Gasteiger partial charge in [-0.2, -0.15) is 0 Å². The summed E-state index contributed by atoms with van der Waals surface area (Å²) < 4.78 is 0. The van der Waals surface area contributed by atoms with E-state index < -0.39 is 6.04 Å². The second kappa shape index (κ2) is 10.0. The van der Waals surface area contributed by atoms with Crippen LogP contribution >= 0.6 is 0 Å². The van der Waals surface area contributed by atoms with E-state index in [1.807, 2.05) is 53.4 Å². The molecule has 5 nitrogen and oxygen atoms in total. The molecular formula is C23H29N3O2. The fourth-order valence-corrected chi connectivity index (χ4v) is 3.57. The van der Waals surface area contributed by atoms with Crippen LogP contribution in [-0.2, 0) is 22.6 Å². The van der Waals surface area contributed by atoms with Gasteiger partial charge in [0, 0.05) is 33.2 Å². The molecule has 1 N–H and O–H groups in total. The zero-order valence-electron chi connectivity index (χ0n) is 16.5. The summed E-state index contributed by atoms with van der Waals surface area (Å²) in [6.45, 7) is 2.73. The molecule has 3 rings (SSSR count). The van der Waals surface area contributed by atoms with Crippen LogP contribution in [0.15, 0.2) is 60.7 Å². The molecule has 0 radical (unpaired) electrons. The highest BCUT2D eigenvalue weighted by molar-refractivity contribution is 5.88. The van der Waals surface area contributed by atoms with E-state index in [0.717, 1.165) is 31.5 Å². The van der Waals surface area contributed by atoms with Gasteiger partial charge >= 0.3 is 0 Å². The monoisotopic (exact) mass is 379 g/mol. The first-order valence-electron chi connectivity index (χ1n) is 9.97. The fourth-order valence-electron chi connectivity index (χ4n) is 3.57. The minimum absolute atomic E-state index is 0.0131. The molecule has 28 heavy (non-hydrogen) atoms. The molecule has 0 bridgehead atoms. The van der Waals surface area contributed by atoms with Gasteiger partial charge in [-0.15, -0.1) is 0 Å². The number of carbonyl (C=O) groups is 2. The summed E-state index contributed by atoms with van der Waals surface area (Å²) in [7, 11) is 1.79. The standard InChI is InChI=1S/C23H29N3O2/c1-25(18-20-11-6-3-7-12-20)22(27)17-21-23(28)26(16-14-24-21)15-8-13-19-9-4-2-5-10-19/h2-7,9-12,21,24H,8,13-18H2,1H3. The summed E-state index contributed by atoms with van der Waals surface area (Å²) in [6, 6.07) is 19.8. The van der Waals surface area contributed by atoms with Crippen LogP contribution in [0.5, 0.6) is 0 Å². The first-order valence-corrected chi connectivity index (χ1v) is 9.97. The molecule has 0 saturated carbocycles. The molecule has 1 unspecified atom stereocenters. The number of hydrogen-bond acceptors (Lipinski definition) is 3. The van der Waals surface area contributed by atoms with Crippen molar-refractivity contribution in [3.8, 4) is 0 Å². The number of nitrogens with zero attached hydrogens (tertiary/aromatic N) is 2. The van der Waals surface area contributed by atoms with Crippen molar-refractivity contribution in [1.29, 1.82) is 0 Å². The lowest BCUT2D eigenvalue weighted by Crippen LogP contribution is -2.56. The van der Waals surface area contributed by atoms with Gasteiger partial charge in [0.15, 0.2) is 0 Å². The molecule has 148 valence electrons. The number of piperazine rings is 1. The van der Waals surface area contributed by atoms with Crippen LogP contribution in [0.25, 0.3) is 0 Å². The quantitative estimate of drug-likeness (QED) is 0.767. The summed E-state index contributed by atoms with van der Waals surface area (Å²) in [5, 5.41) is 3.22.